The Kier molecular flexibility index (Phi) is 6.50. The van der Waals surface area contributed by atoms with E-state index in [1.54, 1.807) is 30.3 Å². The first kappa shape index (κ1) is 24.0. The van der Waals surface area contributed by atoms with Gasteiger partial charge in [-0.2, -0.15) is 4.98 Å². The molecule has 0 unspecified atom stereocenters. The maximum Gasteiger partial charge on any atom is 0.229 e. The van der Waals surface area contributed by atoms with Crippen LogP contribution < -0.4 is 20.3 Å². The molecule has 0 saturated carbocycles. The van der Waals surface area contributed by atoms with Crippen LogP contribution in [0.5, 0.6) is 0 Å². The lowest BCUT2D eigenvalue weighted by Gasteiger charge is -2.34. The number of hydrogen-bond acceptors (Lipinski definition) is 8. The Balaban J connectivity index is 1.40. The van der Waals surface area contributed by atoms with Gasteiger partial charge >= 0.3 is 0 Å². The third kappa shape index (κ3) is 5.42. The van der Waals surface area contributed by atoms with E-state index < -0.39 is 10.0 Å². The number of fused-ring (bicyclic) bond motifs is 1. The molecule has 2 aliphatic rings. The van der Waals surface area contributed by atoms with Crippen molar-refractivity contribution in [1.29, 1.82) is 0 Å². The summed E-state index contributed by atoms with van der Waals surface area (Å²) in [6.07, 6.45) is 5.66. The van der Waals surface area contributed by atoms with Crippen LogP contribution in [0.15, 0.2) is 48.5 Å². The molecule has 0 spiro atoms. The molecule has 188 valence electrons. The number of anilines is 6. The van der Waals surface area contributed by atoms with E-state index in [0.717, 1.165) is 43.7 Å². The van der Waals surface area contributed by atoms with E-state index in [9.17, 15) is 12.8 Å². The van der Waals surface area contributed by atoms with Crippen LogP contribution in [0.2, 0.25) is 0 Å². The van der Waals surface area contributed by atoms with Crippen molar-refractivity contribution < 1.29 is 12.8 Å². The monoisotopic (exact) mass is 509 g/mol. The largest absolute Gasteiger partial charge is 0.367 e. The number of rotatable bonds is 7. The summed E-state index contributed by atoms with van der Waals surface area (Å²) in [4.78, 5) is 13.5. The first-order valence-corrected chi connectivity index (χ1v) is 13.6. The molecule has 11 heteroatoms. The van der Waals surface area contributed by atoms with Gasteiger partial charge in [0.05, 0.1) is 29.0 Å². The molecule has 1 aliphatic carbocycles. The van der Waals surface area contributed by atoms with Crippen molar-refractivity contribution in [3.63, 3.8) is 0 Å². The van der Waals surface area contributed by atoms with E-state index in [4.69, 9.17) is 0 Å². The second-order valence-electron chi connectivity index (χ2n) is 8.99. The van der Waals surface area contributed by atoms with E-state index in [-0.39, 0.29) is 5.82 Å². The Morgan fingerprint density at radius 2 is 1.72 bits per heavy atom. The molecular formula is C25H28FN7O2S. The van der Waals surface area contributed by atoms with Gasteiger partial charge in [0.15, 0.2) is 0 Å². The molecule has 0 radical (unpaired) electrons. The van der Waals surface area contributed by atoms with Gasteiger partial charge in [-0.1, -0.05) is 24.3 Å². The molecule has 9 nitrogen and oxygen atoms in total. The van der Waals surface area contributed by atoms with E-state index in [1.165, 1.54) is 6.07 Å². The molecule has 1 saturated heterocycles. The van der Waals surface area contributed by atoms with Crippen molar-refractivity contribution >= 4 is 50.6 Å². The lowest BCUT2D eigenvalue weighted by atomic mass is 10.2. The van der Waals surface area contributed by atoms with E-state index in [2.05, 4.69) is 42.2 Å². The zero-order chi connectivity index (χ0) is 25.3. The molecule has 0 atom stereocenters. The highest BCUT2D eigenvalue weighted by atomic mass is 32.2. The standard InChI is InChI=1S/C25H28FN7O2S/c1-32-12-14-33(15-13-32)23-11-10-17(16-19(23)26)27-25-29-20-9-5-6-18(20)24(30-25)28-21-7-3-4-8-22(21)31-36(2,34)35/h3-8,10-11,16,31H,9,12-15H2,1-2H3,(H2,27,28,29,30). The molecule has 0 amide bonds. The Morgan fingerprint density at radius 3 is 2.44 bits per heavy atom. The van der Waals surface area contributed by atoms with Crippen LogP contribution in [0.25, 0.3) is 6.08 Å². The highest BCUT2D eigenvalue weighted by Gasteiger charge is 2.20. The lowest BCUT2D eigenvalue weighted by molar-refractivity contribution is 0.311. The predicted octanol–water partition coefficient (Wildman–Crippen LogP) is 3.80. The number of halogens is 1. The Bertz CT molecular complexity index is 1420. The smallest absolute Gasteiger partial charge is 0.229 e. The summed E-state index contributed by atoms with van der Waals surface area (Å²) in [7, 11) is -1.40. The van der Waals surface area contributed by atoms with Crippen molar-refractivity contribution in [1.82, 2.24) is 14.9 Å². The maximum absolute atomic E-state index is 15.0. The average Bonchev–Trinajstić information content (AvgIpc) is 3.29. The van der Waals surface area contributed by atoms with E-state index in [1.807, 2.05) is 18.2 Å². The third-order valence-electron chi connectivity index (χ3n) is 6.14. The van der Waals surface area contributed by atoms with E-state index >= 15 is 0 Å². The van der Waals surface area contributed by atoms with Crippen LogP contribution in [-0.4, -0.2) is 62.8 Å². The number of benzene rings is 2. The Morgan fingerprint density at radius 1 is 0.972 bits per heavy atom. The highest BCUT2D eigenvalue weighted by molar-refractivity contribution is 7.92. The normalized spacial score (nSPS) is 15.6. The number of nitrogens with zero attached hydrogens (tertiary/aromatic N) is 4. The third-order valence-corrected chi connectivity index (χ3v) is 6.73. The zero-order valence-electron chi connectivity index (χ0n) is 20.1. The number of aromatic nitrogens is 2. The average molecular weight is 510 g/mol. The molecular weight excluding hydrogens is 481 g/mol. The summed E-state index contributed by atoms with van der Waals surface area (Å²) < 4.78 is 41.1. The van der Waals surface area contributed by atoms with Crippen molar-refractivity contribution in [2.24, 2.45) is 0 Å². The fourth-order valence-corrected chi connectivity index (χ4v) is 4.89. The summed E-state index contributed by atoms with van der Waals surface area (Å²) in [5.74, 6) is 0.542. The molecule has 1 aliphatic heterocycles. The summed E-state index contributed by atoms with van der Waals surface area (Å²) in [5, 5.41) is 6.36. The Hall–Kier alpha value is -3.70. The van der Waals surface area contributed by atoms with Crippen LogP contribution in [0, 0.1) is 5.82 Å². The van der Waals surface area contributed by atoms with Crippen molar-refractivity contribution in [3.8, 4) is 0 Å². The molecule has 2 aromatic carbocycles. The molecule has 1 fully saturated rings. The van der Waals surface area contributed by atoms with Gasteiger partial charge in [0, 0.05) is 43.9 Å². The molecule has 3 N–H and O–H groups in total. The minimum Gasteiger partial charge on any atom is -0.367 e. The maximum atomic E-state index is 15.0. The van der Waals surface area contributed by atoms with Crippen LogP contribution in [0.3, 0.4) is 0 Å². The second kappa shape index (κ2) is 9.75. The fourth-order valence-electron chi connectivity index (χ4n) is 4.31. The van der Waals surface area contributed by atoms with Crippen LogP contribution in [-0.2, 0) is 16.4 Å². The van der Waals surface area contributed by atoms with Gasteiger partial charge in [0.25, 0.3) is 0 Å². The highest BCUT2D eigenvalue weighted by Crippen LogP contribution is 2.32. The van der Waals surface area contributed by atoms with Crippen molar-refractivity contribution in [3.05, 3.63) is 65.6 Å². The predicted molar refractivity (Wildman–Crippen MR) is 142 cm³/mol. The van der Waals surface area contributed by atoms with Crippen LogP contribution in [0.4, 0.5) is 38.9 Å². The minimum atomic E-state index is -3.46. The van der Waals surface area contributed by atoms with Gasteiger partial charge in [-0.25, -0.2) is 17.8 Å². The SMILES string of the molecule is CN1CCN(c2ccc(Nc3nc4c(c(Nc5ccccc5NS(C)(=O)=O)n3)C=CC4)cc2F)CC1. The zero-order valence-corrected chi connectivity index (χ0v) is 20.9. The molecule has 3 aromatic rings. The molecule has 36 heavy (non-hydrogen) atoms. The molecule has 0 bridgehead atoms. The van der Waals surface area contributed by atoms with Gasteiger partial charge in [-0.15, -0.1) is 0 Å². The van der Waals surface area contributed by atoms with Gasteiger partial charge < -0.3 is 20.4 Å². The van der Waals surface area contributed by atoms with Gasteiger partial charge in [-0.3, -0.25) is 4.72 Å². The molecule has 5 rings (SSSR count). The summed E-state index contributed by atoms with van der Waals surface area (Å²) in [6.45, 7) is 3.36. The first-order chi connectivity index (χ1) is 17.2. The Labute approximate surface area is 210 Å². The second-order valence-corrected chi connectivity index (χ2v) is 10.7. The number of sulfonamides is 1. The van der Waals surface area contributed by atoms with Crippen molar-refractivity contribution in [2.45, 2.75) is 6.42 Å². The van der Waals surface area contributed by atoms with Gasteiger partial charge in [0.2, 0.25) is 16.0 Å². The summed E-state index contributed by atoms with van der Waals surface area (Å²) in [5.41, 5.74) is 3.74. The first-order valence-electron chi connectivity index (χ1n) is 11.7. The van der Waals surface area contributed by atoms with Gasteiger partial charge in [-0.05, 0) is 37.4 Å². The summed E-state index contributed by atoms with van der Waals surface area (Å²) >= 11 is 0. The molecule has 2 heterocycles. The minimum absolute atomic E-state index is 0.300. The van der Waals surface area contributed by atoms with Crippen LogP contribution >= 0.6 is 0 Å². The topological polar surface area (TPSA) is 102 Å². The quantitative estimate of drug-likeness (QED) is 0.442. The lowest BCUT2D eigenvalue weighted by Crippen LogP contribution is -2.44. The number of piperazine rings is 1. The number of para-hydroxylation sites is 2. The van der Waals surface area contributed by atoms with Gasteiger partial charge in [0.1, 0.15) is 11.6 Å². The number of hydrogen-bond donors (Lipinski definition) is 3. The number of likely N-dealkylation sites (N-methyl/N-ethyl adjacent to an activating group) is 1. The van der Waals surface area contributed by atoms with Crippen molar-refractivity contribution in [2.75, 3.05) is 59.7 Å². The fraction of sp³-hybridized carbons (Fsp3) is 0.280. The van der Waals surface area contributed by atoms with Crippen LogP contribution in [0.1, 0.15) is 11.3 Å². The summed E-state index contributed by atoms with van der Waals surface area (Å²) in [6, 6.07) is 12.0. The number of nitrogens with one attached hydrogen (secondary N) is 3. The number of allylic oxidation sites excluding steroid dienone is 1. The van der Waals surface area contributed by atoms with E-state index in [0.29, 0.717) is 40.9 Å². The molecule has 1 aromatic heterocycles.